The third-order valence-electron chi connectivity index (χ3n) is 4.70. The SMILES string of the molecule is Cc1cnc(C(=O)N2CCN(c3cc4c(nn3)CCC4)CC2)cn1. The molecule has 24 heavy (non-hydrogen) atoms. The molecule has 0 radical (unpaired) electrons. The van der Waals surface area contributed by atoms with E-state index in [1.54, 1.807) is 12.4 Å². The van der Waals surface area contributed by atoms with E-state index in [2.05, 4.69) is 31.1 Å². The maximum atomic E-state index is 12.5. The van der Waals surface area contributed by atoms with Crippen LogP contribution >= 0.6 is 0 Å². The second-order valence-corrected chi connectivity index (χ2v) is 6.35. The van der Waals surface area contributed by atoms with E-state index in [0.29, 0.717) is 18.8 Å². The number of piperazine rings is 1. The van der Waals surface area contributed by atoms with Crippen LogP contribution in [0.4, 0.5) is 5.82 Å². The second-order valence-electron chi connectivity index (χ2n) is 6.35. The molecule has 1 aliphatic carbocycles. The van der Waals surface area contributed by atoms with Crippen molar-refractivity contribution in [3.05, 3.63) is 41.1 Å². The maximum Gasteiger partial charge on any atom is 0.274 e. The summed E-state index contributed by atoms with van der Waals surface area (Å²) in [5.41, 5.74) is 3.69. The standard InChI is InChI=1S/C17H20N6O/c1-12-10-19-15(11-18-12)17(24)23-7-5-22(6-8-23)16-9-13-3-2-4-14(13)20-21-16/h9-11H,2-8H2,1H3. The Kier molecular flexibility index (Phi) is 3.84. The van der Waals surface area contributed by atoms with Crippen LogP contribution in [0.5, 0.6) is 0 Å². The van der Waals surface area contributed by atoms with Crippen LogP contribution < -0.4 is 4.90 Å². The van der Waals surface area contributed by atoms with Crippen molar-refractivity contribution >= 4 is 11.7 Å². The number of rotatable bonds is 2. The van der Waals surface area contributed by atoms with Gasteiger partial charge in [-0.3, -0.25) is 9.78 Å². The number of fused-ring (bicyclic) bond motifs is 1. The Hall–Kier alpha value is -2.57. The second kappa shape index (κ2) is 6.14. The molecule has 7 nitrogen and oxygen atoms in total. The molecule has 124 valence electrons. The van der Waals surface area contributed by atoms with Gasteiger partial charge in [0.2, 0.25) is 0 Å². The fraction of sp³-hybridized carbons (Fsp3) is 0.471. The van der Waals surface area contributed by atoms with Crippen molar-refractivity contribution in [3.63, 3.8) is 0 Å². The van der Waals surface area contributed by atoms with Gasteiger partial charge in [0.15, 0.2) is 5.82 Å². The molecule has 3 heterocycles. The van der Waals surface area contributed by atoms with Crippen LogP contribution in [0.15, 0.2) is 18.5 Å². The van der Waals surface area contributed by atoms with Crippen LogP contribution in [0, 0.1) is 6.92 Å². The Labute approximate surface area is 140 Å². The summed E-state index contributed by atoms with van der Waals surface area (Å²) in [6.07, 6.45) is 6.50. The van der Waals surface area contributed by atoms with Crippen molar-refractivity contribution in [3.8, 4) is 0 Å². The van der Waals surface area contributed by atoms with Crippen molar-refractivity contribution in [2.45, 2.75) is 26.2 Å². The van der Waals surface area contributed by atoms with E-state index in [0.717, 1.165) is 43.1 Å². The molecule has 7 heteroatoms. The van der Waals surface area contributed by atoms with Gasteiger partial charge in [-0.25, -0.2) is 4.98 Å². The largest absolute Gasteiger partial charge is 0.352 e. The maximum absolute atomic E-state index is 12.5. The molecule has 1 saturated heterocycles. The Morgan fingerprint density at radius 1 is 1.04 bits per heavy atom. The summed E-state index contributed by atoms with van der Waals surface area (Å²) in [5.74, 6) is 0.875. The molecule has 1 fully saturated rings. The molecule has 2 aromatic rings. The lowest BCUT2D eigenvalue weighted by molar-refractivity contribution is 0.0740. The van der Waals surface area contributed by atoms with E-state index in [9.17, 15) is 4.79 Å². The molecule has 2 aliphatic rings. The number of carbonyl (C=O) groups is 1. The molecule has 0 bridgehead atoms. The first kappa shape index (κ1) is 15.0. The van der Waals surface area contributed by atoms with Gasteiger partial charge in [-0.05, 0) is 37.8 Å². The van der Waals surface area contributed by atoms with Crippen LogP contribution in [0.25, 0.3) is 0 Å². The van der Waals surface area contributed by atoms with Gasteiger partial charge < -0.3 is 9.80 Å². The van der Waals surface area contributed by atoms with Gasteiger partial charge in [-0.15, -0.1) is 5.10 Å². The Morgan fingerprint density at radius 3 is 2.62 bits per heavy atom. The number of carbonyl (C=O) groups excluding carboxylic acids is 1. The highest BCUT2D eigenvalue weighted by atomic mass is 16.2. The zero-order valence-corrected chi connectivity index (χ0v) is 13.8. The Bertz CT molecular complexity index is 752. The lowest BCUT2D eigenvalue weighted by Gasteiger charge is -2.35. The fourth-order valence-corrected chi connectivity index (χ4v) is 3.28. The monoisotopic (exact) mass is 324 g/mol. The lowest BCUT2D eigenvalue weighted by Crippen LogP contribution is -2.49. The molecule has 0 unspecified atom stereocenters. The number of aryl methyl sites for hydroxylation is 3. The molecule has 0 spiro atoms. The van der Waals surface area contributed by atoms with E-state index < -0.39 is 0 Å². The summed E-state index contributed by atoms with van der Waals surface area (Å²) in [5, 5.41) is 8.72. The van der Waals surface area contributed by atoms with E-state index in [1.165, 1.54) is 12.0 Å². The van der Waals surface area contributed by atoms with Crippen LogP contribution in [-0.2, 0) is 12.8 Å². The molecule has 0 aromatic carbocycles. The Morgan fingerprint density at radius 2 is 1.88 bits per heavy atom. The smallest absolute Gasteiger partial charge is 0.274 e. The van der Waals surface area contributed by atoms with Gasteiger partial charge in [0.1, 0.15) is 5.69 Å². The topological polar surface area (TPSA) is 75.1 Å². The van der Waals surface area contributed by atoms with Gasteiger partial charge in [-0.2, -0.15) is 5.10 Å². The summed E-state index contributed by atoms with van der Waals surface area (Å²) in [6.45, 7) is 4.70. The molecular formula is C17H20N6O. The normalized spacial score (nSPS) is 17.0. The zero-order valence-electron chi connectivity index (χ0n) is 13.8. The Balaban J connectivity index is 1.41. The van der Waals surface area contributed by atoms with Crippen molar-refractivity contribution in [1.29, 1.82) is 0 Å². The van der Waals surface area contributed by atoms with E-state index >= 15 is 0 Å². The first-order chi connectivity index (χ1) is 11.7. The van der Waals surface area contributed by atoms with E-state index in [1.807, 2.05) is 11.8 Å². The predicted octanol–water partition coefficient (Wildman–Crippen LogP) is 1.03. The van der Waals surface area contributed by atoms with Crippen LogP contribution in [0.1, 0.15) is 33.9 Å². The van der Waals surface area contributed by atoms with Crippen molar-refractivity contribution in [2.75, 3.05) is 31.1 Å². The molecule has 0 saturated carbocycles. The van der Waals surface area contributed by atoms with E-state index in [-0.39, 0.29) is 5.91 Å². The predicted molar refractivity (Wildman–Crippen MR) is 88.9 cm³/mol. The lowest BCUT2D eigenvalue weighted by atomic mass is 10.2. The summed E-state index contributed by atoms with van der Waals surface area (Å²) in [4.78, 5) is 24.9. The minimum absolute atomic E-state index is 0.0535. The minimum Gasteiger partial charge on any atom is -0.352 e. The van der Waals surface area contributed by atoms with E-state index in [4.69, 9.17) is 0 Å². The number of hydrogen-bond acceptors (Lipinski definition) is 6. The fourth-order valence-electron chi connectivity index (χ4n) is 3.28. The highest BCUT2D eigenvalue weighted by Crippen LogP contribution is 2.23. The van der Waals surface area contributed by atoms with Gasteiger partial charge in [-0.1, -0.05) is 0 Å². The highest BCUT2D eigenvalue weighted by molar-refractivity contribution is 5.92. The average Bonchev–Trinajstić information content (AvgIpc) is 3.09. The average molecular weight is 324 g/mol. The first-order valence-corrected chi connectivity index (χ1v) is 8.39. The summed E-state index contributed by atoms with van der Waals surface area (Å²) in [6, 6.07) is 2.16. The first-order valence-electron chi connectivity index (χ1n) is 8.39. The number of amides is 1. The summed E-state index contributed by atoms with van der Waals surface area (Å²) >= 11 is 0. The minimum atomic E-state index is -0.0535. The van der Waals surface area contributed by atoms with Crippen LogP contribution in [0.2, 0.25) is 0 Å². The highest BCUT2D eigenvalue weighted by Gasteiger charge is 2.25. The third kappa shape index (κ3) is 2.81. The van der Waals surface area contributed by atoms with Crippen molar-refractivity contribution in [1.82, 2.24) is 25.1 Å². The van der Waals surface area contributed by atoms with Crippen molar-refractivity contribution < 1.29 is 4.79 Å². The molecule has 0 atom stereocenters. The number of anilines is 1. The molecule has 2 aromatic heterocycles. The quantitative estimate of drug-likeness (QED) is 0.821. The van der Waals surface area contributed by atoms with Crippen LogP contribution in [-0.4, -0.2) is 57.2 Å². The molecule has 0 N–H and O–H groups in total. The molecule has 4 rings (SSSR count). The van der Waals surface area contributed by atoms with Crippen molar-refractivity contribution in [2.24, 2.45) is 0 Å². The third-order valence-corrected chi connectivity index (χ3v) is 4.70. The molecule has 1 aliphatic heterocycles. The van der Waals surface area contributed by atoms with Gasteiger partial charge >= 0.3 is 0 Å². The number of hydrogen-bond donors (Lipinski definition) is 0. The van der Waals surface area contributed by atoms with Gasteiger partial charge in [0.25, 0.3) is 5.91 Å². The molecule has 1 amide bonds. The number of nitrogens with zero attached hydrogens (tertiary/aromatic N) is 6. The molecular weight excluding hydrogens is 304 g/mol. The summed E-state index contributed by atoms with van der Waals surface area (Å²) in [7, 11) is 0. The zero-order chi connectivity index (χ0) is 16.5. The number of aromatic nitrogens is 4. The summed E-state index contributed by atoms with van der Waals surface area (Å²) < 4.78 is 0. The van der Waals surface area contributed by atoms with Gasteiger partial charge in [0.05, 0.1) is 17.6 Å². The van der Waals surface area contributed by atoms with Crippen LogP contribution in [0.3, 0.4) is 0 Å². The van der Waals surface area contributed by atoms with Gasteiger partial charge in [0, 0.05) is 32.4 Å².